The summed E-state index contributed by atoms with van der Waals surface area (Å²) in [4.78, 5) is 38.0. The van der Waals surface area contributed by atoms with Crippen molar-refractivity contribution in [2.45, 2.75) is 70.4 Å². The predicted molar refractivity (Wildman–Crippen MR) is 130 cm³/mol. The van der Waals surface area contributed by atoms with Gasteiger partial charge in [0.05, 0.1) is 12.7 Å². The first kappa shape index (κ1) is 28.7. The predicted octanol–water partition coefficient (Wildman–Crippen LogP) is 2.05. The lowest BCUT2D eigenvalue weighted by Gasteiger charge is -2.26. The van der Waals surface area contributed by atoms with Crippen LogP contribution in [0.25, 0.3) is 0 Å². The Bertz CT molecular complexity index is 1230. The van der Waals surface area contributed by atoms with Crippen molar-refractivity contribution in [1.82, 2.24) is 14.6 Å². The van der Waals surface area contributed by atoms with Crippen LogP contribution < -0.4 is 20.9 Å². The lowest BCUT2D eigenvalue weighted by molar-refractivity contribution is -0.149. The van der Waals surface area contributed by atoms with Crippen LogP contribution in [0, 0.1) is 0 Å². The van der Waals surface area contributed by atoms with Crippen molar-refractivity contribution in [3.8, 4) is 5.75 Å². The fourth-order valence-electron chi connectivity index (χ4n) is 3.66. The van der Waals surface area contributed by atoms with Gasteiger partial charge in [-0.15, -0.1) is 0 Å². The molecule has 37 heavy (non-hydrogen) atoms. The molecule has 2 heterocycles. The Hall–Kier alpha value is -2.83. The van der Waals surface area contributed by atoms with Crippen LogP contribution in [0.5, 0.6) is 5.75 Å². The molecule has 1 aliphatic rings. The van der Waals surface area contributed by atoms with Crippen LogP contribution in [0.4, 0.5) is 4.39 Å². The van der Waals surface area contributed by atoms with Crippen LogP contribution in [0.15, 0.2) is 52.2 Å². The van der Waals surface area contributed by atoms with Crippen LogP contribution >= 0.6 is 7.75 Å². The van der Waals surface area contributed by atoms with E-state index in [1.165, 1.54) is 12.1 Å². The van der Waals surface area contributed by atoms with Gasteiger partial charge in [0.25, 0.3) is 5.56 Å². The monoisotopic (exact) mass is 543 g/mol. The van der Waals surface area contributed by atoms with Gasteiger partial charge < -0.3 is 19.1 Å². The van der Waals surface area contributed by atoms with E-state index in [2.05, 4.69) is 5.09 Å². The Kier molecular flexibility index (Phi) is 9.09. The summed E-state index contributed by atoms with van der Waals surface area (Å²) < 4.78 is 51.9. The maximum atomic E-state index is 15.5. The highest BCUT2D eigenvalue weighted by molar-refractivity contribution is 7.52. The number of halogens is 1. The van der Waals surface area contributed by atoms with E-state index < -0.39 is 67.8 Å². The second kappa shape index (κ2) is 11.7. The molecule has 1 aliphatic heterocycles. The van der Waals surface area contributed by atoms with E-state index in [0.29, 0.717) is 0 Å². The van der Waals surface area contributed by atoms with Crippen LogP contribution in [0.1, 0.15) is 40.3 Å². The number of carbonyl (C=O) groups excluding carboxylic acids is 1. The van der Waals surface area contributed by atoms with Crippen molar-refractivity contribution in [1.29, 1.82) is 0 Å². The number of aromatic amines is 1. The normalized spacial score (nSPS) is 26.0. The van der Waals surface area contributed by atoms with Crippen molar-refractivity contribution < 1.29 is 37.4 Å². The molecule has 0 spiro atoms. The van der Waals surface area contributed by atoms with Crippen LogP contribution in [0.3, 0.4) is 0 Å². The van der Waals surface area contributed by atoms with Gasteiger partial charge in [-0.1, -0.05) is 25.1 Å². The molecule has 14 heteroatoms. The topological polar surface area (TPSA) is 158 Å². The molecule has 2 aromatic rings. The zero-order valence-corrected chi connectivity index (χ0v) is 21.7. The van der Waals surface area contributed by atoms with E-state index in [0.717, 1.165) is 23.8 Å². The minimum Gasteiger partial charge on any atom is -0.462 e. The van der Waals surface area contributed by atoms with Crippen molar-refractivity contribution in [2.75, 3.05) is 6.61 Å². The fourth-order valence-corrected chi connectivity index (χ4v) is 5.25. The van der Waals surface area contributed by atoms with Gasteiger partial charge in [-0.25, -0.2) is 13.8 Å². The van der Waals surface area contributed by atoms with Gasteiger partial charge in [-0.3, -0.25) is 23.7 Å². The number of H-pyrrole nitrogens is 1. The molecule has 6 atom stereocenters. The van der Waals surface area contributed by atoms with Gasteiger partial charge in [-0.05, 0) is 39.3 Å². The second-order valence-corrected chi connectivity index (χ2v) is 10.6. The zero-order chi connectivity index (χ0) is 27.4. The van der Waals surface area contributed by atoms with Crippen molar-refractivity contribution in [3.05, 3.63) is 63.4 Å². The number of carbonyl (C=O) groups is 1. The highest BCUT2D eigenvalue weighted by Gasteiger charge is 2.56. The molecular weight excluding hydrogens is 512 g/mol. The Balaban J connectivity index is 1.82. The third-order valence-corrected chi connectivity index (χ3v) is 7.13. The number of nitrogens with one attached hydrogen (secondary N) is 2. The molecule has 3 N–H and O–H groups in total. The van der Waals surface area contributed by atoms with Gasteiger partial charge in [0.15, 0.2) is 11.9 Å². The number of benzene rings is 1. The summed E-state index contributed by atoms with van der Waals surface area (Å²) in [6, 6.07) is 7.95. The number of ether oxygens (including phenoxy) is 2. The summed E-state index contributed by atoms with van der Waals surface area (Å²) >= 11 is 0. The number of alkyl halides is 1. The Morgan fingerprint density at radius 2 is 1.97 bits per heavy atom. The zero-order valence-electron chi connectivity index (χ0n) is 20.8. The summed E-state index contributed by atoms with van der Waals surface area (Å²) in [6.45, 7) is 5.38. The quantitative estimate of drug-likeness (QED) is 0.283. The lowest BCUT2D eigenvalue weighted by atomic mass is 9.98. The summed E-state index contributed by atoms with van der Waals surface area (Å²) in [5, 5.41) is 13.2. The van der Waals surface area contributed by atoms with Crippen LogP contribution in [-0.4, -0.2) is 57.3 Å². The molecule has 1 aromatic heterocycles. The van der Waals surface area contributed by atoms with Crippen molar-refractivity contribution in [3.63, 3.8) is 0 Å². The number of nitrogens with zero attached hydrogens (tertiary/aromatic N) is 1. The number of hydrogen-bond acceptors (Lipinski definition) is 9. The number of aliphatic hydroxyl groups is 1. The summed E-state index contributed by atoms with van der Waals surface area (Å²) in [6.07, 6.45) is -4.02. The third kappa shape index (κ3) is 6.93. The average molecular weight is 543 g/mol. The Morgan fingerprint density at radius 1 is 1.30 bits per heavy atom. The maximum Gasteiger partial charge on any atom is 0.459 e. The maximum absolute atomic E-state index is 15.5. The smallest absolute Gasteiger partial charge is 0.459 e. The second-order valence-electron chi connectivity index (χ2n) is 8.91. The molecule has 1 saturated heterocycles. The molecule has 3 rings (SSSR count). The first-order chi connectivity index (χ1) is 17.4. The standard InChI is InChI=1S/C23H31FN3O9P/c1-5-16(20(30)34-14(2)3)26-37(32,36-15-9-7-6-8-10-15)33-13-17-19(29)23(4,24)21(35-17)27-12-11-18(28)25-22(27)31/h6-12,14,16-17,19,21,29H,5,13H2,1-4H3,(H,26,32)(H,25,28,31). The van der Waals surface area contributed by atoms with E-state index in [1.54, 1.807) is 39.0 Å². The molecular formula is C23H31FN3O9P. The summed E-state index contributed by atoms with van der Waals surface area (Å²) in [7, 11) is -4.32. The molecule has 0 aliphatic carbocycles. The molecule has 0 saturated carbocycles. The largest absolute Gasteiger partial charge is 0.462 e. The van der Waals surface area contributed by atoms with E-state index >= 15 is 4.39 Å². The number of aromatic nitrogens is 2. The molecule has 1 fully saturated rings. The fraction of sp³-hybridized carbons (Fsp3) is 0.522. The van der Waals surface area contributed by atoms with Gasteiger partial charge in [-0.2, -0.15) is 5.09 Å². The first-order valence-corrected chi connectivity index (χ1v) is 13.2. The van der Waals surface area contributed by atoms with Crippen LogP contribution in [0.2, 0.25) is 0 Å². The lowest BCUT2D eigenvalue weighted by Crippen LogP contribution is -2.44. The Morgan fingerprint density at radius 3 is 2.57 bits per heavy atom. The molecule has 6 unspecified atom stereocenters. The minimum atomic E-state index is -4.32. The van der Waals surface area contributed by atoms with E-state index in [9.17, 15) is 24.1 Å². The van der Waals surface area contributed by atoms with Crippen LogP contribution in [-0.2, 0) is 23.4 Å². The number of hydrogen-bond donors (Lipinski definition) is 3. The SMILES string of the molecule is CCC(NP(=O)(OCC1OC(n2ccc(=O)[nH]c2=O)C(C)(F)C1O)Oc1ccccc1)C(=O)OC(C)C. The van der Waals surface area contributed by atoms with Gasteiger partial charge in [0.2, 0.25) is 0 Å². The molecule has 0 amide bonds. The number of para-hydroxylation sites is 1. The number of esters is 1. The number of aliphatic hydroxyl groups excluding tert-OH is 1. The average Bonchev–Trinajstić information content (AvgIpc) is 3.05. The summed E-state index contributed by atoms with van der Waals surface area (Å²) in [5.74, 6) is -0.518. The Labute approximate surface area is 212 Å². The molecule has 204 valence electrons. The highest BCUT2D eigenvalue weighted by atomic mass is 31.2. The summed E-state index contributed by atoms with van der Waals surface area (Å²) in [5.41, 5.74) is -4.11. The van der Waals surface area contributed by atoms with Crippen molar-refractivity contribution >= 4 is 13.7 Å². The van der Waals surface area contributed by atoms with Gasteiger partial charge in [0, 0.05) is 12.3 Å². The van der Waals surface area contributed by atoms with E-state index in [4.69, 9.17) is 18.5 Å². The molecule has 12 nitrogen and oxygen atoms in total. The molecule has 0 bridgehead atoms. The van der Waals surface area contributed by atoms with Gasteiger partial charge >= 0.3 is 19.4 Å². The highest BCUT2D eigenvalue weighted by Crippen LogP contribution is 2.47. The third-order valence-electron chi connectivity index (χ3n) is 5.56. The minimum absolute atomic E-state index is 0.159. The first-order valence-electron chi connectivity index (χ1n) is 11.7. The molecule has 1 aromatic carbocycles. The number of rotatable bonds is 11. The van der Waals surface area contributed by atoms with Gasteiger partial charge in [0.1, 0.15) is 24.0 Å². The molecule has 0 radical (unpaired) electrons. The van der Waals surface area contributed by atoms with E-state index in [1.807, 2.05) is 4.98 Å². The van der Waals surface area contributed by atoms with E-state index in [-0.39, 0.29) is 12.2 Å². The van der Waals surface area contributed by atoms with Crippen molar-refractivity contribution in [2.24, 2.45) is 0 Å².